The molecule has 0 amide bonds. The first-order valence-electron chi connectivity index (χ1n) is 10.5. The lowest BCUT2D eigenvalue weighted by molar-refractivity contribution is -0.142. The summed E-state index contributed by atoms with van der Waals surface area (Å²) in [5.74, 6) is -0.121. The van der Waals surface area contributed by atoms with E-state index in [2.05, 4.69) is 38.1 Å². The number of unbranched alkanes of at least 4 members (excludes halogenated alkanes) is 7. The SMILES string of the molecule is CCCCCCCCCCOC(=O)Cc1ccc(-c2ccccc2)c(C)c1. The zero-order valence-electron chi connectivity index (χ0n) is 17.0. The van der Waals surface area contributed by atoms with Gasteiger partial charge in [-0.05, 0) is 35.6 Å². The van der Waals surface area contributed by atoms with Crippen molar-refractivity contribution < 1.29 is 9.53 Å². The molecular weight excluding hydrogens is 332 g/mol. The Morgan fingerprint density at radius 3 is 2.19 bits per heavy atom. The van der Waals surface area contributed by atoms with E-state index in [1.165, 1.54) is 55.2 Å². The summed E-state index contributed by atoms with van der Waals surface area (Å²) in [6.07, 6.45) is 10.4. The van der Waals surface area contributed by atoms with Gasteiger partial charge >= 0.3 is 5.97 Å². The molecule has 0 saturated carbocycles. The number of carbonyl (C=O) groups excluding carboxylic acids is 1. The van der Waals surface area contributed by atoms with Gasteiger partial charge in [0, 0.05) is 0 Å². The molecule has 0 aromatic heterocycles. The van der Waals surface area contributed by atoms with Gasteiger partial charge in [0.05, 0.1) is 13.0 Å². The van der Waals surface area contributed by atoms with Crippen molar-refractivity contribution in [2.45, 2.75) is 71.6 Å². The van der Waals surface area contributed by atoms with Crippen molar-refractivity contribution >= 4 is 5.97 Å². The zero-order valence-corrected chi connectivity index (χ0v) is 17.0. The van der Waals surface area contributed by atoms with Gasteiger partial charge in [0.1, 0.15) is 0 Å². The van der Waals surface area contributed by atoms with E-state index in [9.17, 15) is 4.79 Å². The number of ether oxygens (including phenoxy) is 1. The Bertz CT molecular complexity index is 676. The van der Waals surface area contributed by atoms with E-state index in [0.717, 1.165) is 18.4 Å². The third-order valence-corrected chi connectivity index (χ3v) is 4.99. The second-order valence-corrected chi connectivity index (χ2v) is 7.39. The third kappa shape index (κ3) is 7.99. The molecule has 2 heteroatoms. The van der Waals surface area contributed by atoms with Crippen molar-refractivity contribution in [3.63, 3.8) is 0 Å². The first kappa shape index (κ1) is 21.2. The topological polar surface area (TPSA) is 26.3 Å². The lowest BCUT2D eigenvalue weighted by Crippen LogP contribution is -2.09. The van der Waals surface area contributed by atoms with E-state index >= 15 is 0 Å². The fourth-order valence-corrected chi connectivity index (χ4v) is 3.42. The van der Waals surface area contributed by atoms with Gasteiger partial charge in [0.15, 0.2) is 0 Å². The Morgan fingerprint density at radius 2 is 1.52 bits per heavy atom. The minimum absolute atomic E-state index is 0.121. The van der Waals surface area contributed by atoms with Gasteiger partial charge in [0.2, 0.25) is 0 Å². The molecule has 0 aliphatic carbocycles. The molecule has 0 unspecified atom stereocenters. The molecule has 0 bridgehead atoms. The molecule has 2 aromatic carbocycles. The number of esters is 1. The maximum absolute atomic E-state index is 12.1. The van der Waals surface area contributed by atoms with E-state index < -0.39 is 0 Å². The van der Waals surface area contributed by atoms with Gasteiger partial charge in [-0.15, -0.1) is 0 Å². The zero-order chi connectivity index (χ0) is 19.3. The molecule has 146 valence electrons. The minimum atomic E-state index is -0.121. The van der Waals surface area contributed by atoms with Gasteiger partial charge in [-0.25, -0.2) is 0 Å². The summed E-state index contributed by atoms with van der Waals surface area (Å²) in [7, 11) is 0. The van der Waals surface area contributed by atoms with Crippen LogP contribution in [0.15, 0.2) is 48.5 Å². The number of hydrogen-bond donors (Lipinski definition) is 0. The average Bonchev–Trinajstić information content (AvgIpc) is 2.67. The fraction of sp³-hybridized carbons (Fsp3) is 0.480. The number of rotatable bonds is 12. The van der Waals surface area contributed by atoms with Crippen molar-refractivity contribution in [3.8, 4) is 11.1 Å². The number of aryl methyl sites for hydroxylation is 1. The number of hydrogen-bond acceptors (Lipinski definition) is 2. The van der Waals surface area contributed by atoms with Gasteiger partial charge in [-0.1, -0.05) is 100 Å². The molecule has 0 aliphatic rings. The molecule has 0 spiro atoms. The van der Waals surface area contributed by atoms with Gasteiger partial charge in [-0.3, -0.25) is 4.79 Å². The van der Waals surface area contributed by atoms with Crippen LogP contribution < -0.4 is 0 Å². The predicted octanol–water partition coefficient (Wildman–Crippen LogP) is 6.89. The monoisotopic (exact) mass is 366 g/mol. The largest absolute Gasteiger partial charge is 0.465 e. The molecule has 0 fully saturated rings. The molecule has 0 N–H and O–H groups in total. The summed E-state index contributed by atoms with van der Waals surface area (Å²) in [5.41, 5.74) is 4.63. The maximum Gasteiger partial charge on any atom is 0.310 e. The lowest BCUT2D eigenvalue weighted by Gasteiger charge is -2.09. The van der Waals surface area contributed by atoms with Gasteiger partial charge < -0.3 is 4.74 Å². The second-order valence-electron chi connectivity index (χ2n) is 7.39. The van der Waals surface area contributed by atoms with Crippen LogP contribution in [0.2, 0.25) is 0 Å². The van der Waals surface area contributed by atoms with Crippen LogP contribution >= 0.6 is 0 Å². The van der Waals surface area contributed by atoms with Crippen LogP contribution in [0, 0.1) is 6.92 Å². The van der Waals surface area contributed by atoms with Crippen LogP contribution in [-0.2, 0) is 16.0 Å². The quantitative estimate of drug-likeness (QED) is 0.302. The van der Waals surface area contributed by atoms with Gasteiger partial charge in [0.25, 0.3) is 0 Å². The fourth-order valence-electron chi connectivity index (χ4n) is 3.42. The molecule has 2 aromatic rings. The van der Waals surface area contributed by atoms with E-state index in [4.69, 9.17) is 4.74 Å². The van der Waals surface area contributed by atoms with Crippen LogP contribution in [0.3, 0.4) is 0 Å². The average molecular weight is 367 g/mol. The molecule has 2 nitrogen and oxygen atoms in total. The van der Waals surface area contributed by atoms with E-state index in [-0.39, 0.29) is 5.97 Å². The summed E-state index contributed by atoms with van der Waals surface area (Å²) < 4.78 is 5.41. The van der Waals surface area contributed by atoms with E-state index in [1.807, 2.05) is 24.3 Å². The highest BCUT2D eigenvalue weighted by Crippen LogP contribution is 2.24. The molecule has 0 aliphatic heterocycles. The van der Waals surface area contributed by atoms with Crippen LogP contribution in [0.1, 0.15) is 69.4 Å². The molecule has 0 heterocycles. The Morgan fingerprint density at radius 1 is 0.852 bits per heavy atom. The molecular formula is C25H34O2. The number of benzene rings is 2. The Kier molecular flexibility index (Phi) is 9.68. The van der Waals surface area contributed by atoms with Gasteiger partial charge in [-0.2, -0.15) is 0 Å². The van der Waals surface area contributed by atoms with E-state index in [0.29, 0.717) is 13.0 Å². The molecule has 27 heavy (non-hydrogen) atoms. The second kappa shape index (κ2) is 12.3. The summed E-state index contributed by atoms with van der Waals surface area (Å²) >= 11 is 0. The van der Waals surface area contributed by atoms with Crippen LogP contribution in [0.5, 0.6) is 0 Å². The minimum Gasteiger partial charge on any atom is -0.465 e. The maximum atomic E-state index is 12.1. The normalized spacial score (nSPS) is 10.7. The van der Waals surface area contributed by atoms with Crippen LogP contribution in [0.25, 0.3) is 11.1 Å². The first-order valence-corrected chi connectivity index (χ1v) is 10.5. The van der Waals surface area contributed by atoms with Crippen LogP contribution in [0.4, 0.5) is 0 Å². The molecule has 0 saturated heterocycles. The highest BCUT2D eigenvalue weighted by Gasteiger charge is 2.08. The molecule has 2 rings (SSSR count). The molecule has 0 atom stereocenters. The van der Waals surface area contributed by atoms with Crippen molar-refractivity contribution in [2.75, 3.05) is 6.61 Å². The van der Waals surface area contributed by atoms with Crippen molar-refractivity contribution in [1.82, 2.24) is 0 Å². The smallest absolute Gasteiger partial charge is 0.310 e. The highest BCUT2D eigenvalue weighted by atomic mass is 16.5. The van der Waals surface area contributed by atoms with E-state index in [1.54, 1.807) is 0 Å². The Balaban J connectivity index is 1.66. The first-order chi connectivity index (χ1) is 13.2. The lowest BCUT2D eigenvalue weighted by atomic mass is 9.97. The van der Waals surface area contributed by atoms with Crippen molar-refractivity contribution in [3.05, 3.63) is 59.7 Å². The Labute approximate surface area is 165 Å². The predicted molar refractivity (Wildman–Crippen MR) is 114 cm³/mol. The van der Waals surface area contributed by atoms with Crippen LogP contribution in [-0.4, -0.2) is 12.6 Å². The number of carbonyl (C=O) groups is 1. The van der Waals surface area contributed by atoms with Crippen molar-refractivity contribution in [1.29, 1.82) is 0 Å². The highest BCUT2D eigenvalue weighted by molar-refractivity contribution is 5.74. The molecule has 0 radical (unpaired) electrons. The summed E-state index contributed by atoms with van der Waals surface area (Å²) in [5, 5.41) is 0. The standard InChI is InChI=1S/C25H34O2/c1-3-4-5-6-7-8-9-13-18-27-25(26)20-22-16-17-24(21(2)19-22)23-14-11-10-12-15-23/h10-12,14-17,19H,3-9,13,18,20H2,1-2H3. The summed E-state index contributed by atoms with van der Waals surface area (Å²) in [6, 6.07) is 16.6. The third-order valence-electron chi connectivity index (χ3n) is 4.99. The summed E-state index contributed by atoms with van der Waals surface area (Å²) in [6.45, 7) is 4.89. The summed E-state index contributed by atoms with van der Waals surface area (Å²) in [4.78, 5) is 12.1. The van der Waals surface area contributed by atoms with Crippen molar-refractivity contribution in [2.24, 2.45) is 0 Å². The Hall–Kier alpha value is -2.09.